The minimum absolute atomic E-state index is 0.0697. The molecule has 1 aliphatic carbocycles. The quantitative estimate of drug-likeness (QED) is 0.695. The molecule has 0 saturated heterocycles. The van der Waals surface area contributed by atoms with Gasteiger partial charge in [0.25, 0.3) is 5.91 Å². The van der Waals surface area contributed by atoms with Gasteiger partial charge in [0, 0.05) is 17.1 Å². The Hall–Kier alpha value is -1.90. The van der Waals surface area contributed by atoms with Crippen molar-refractivity contribution in [2.45, 2.75) is 30.3 Å². The van der Waals surface area contributed by atoms with E-state index in [0.717, 1.165) is 18.4 Å². The first-order valence-electron chi connectivity index (χ1n) is 8.12. The first kappa shape index (κ1) is 18.9. The van der Waals surface area contributed by atoms with E-state index in [-0.39, 0.29) is 16.8 Å². The van der Waals surface area contributed by atoms with Gasteiger partial charge in [0.1, 0.15) is 5.75 Å². The van der Waals surface area contributed by atoms with Crippen LogP contribution in [0.25, 0.3) is 0 Å². The molecule has 0 spiro atoms. The molecule has 0 heterocycles. The van der Waals surface area contributed by atoms with Gasteiger partial charge in [-0.1, -0.05) is 12.1 Å². The van der Waals surface area contributed by atoms with E-state index in [1.807, 2.05) is 0 Å². The van der Waals surface area contributed by atoms with E-state index in [1.54, 1.807) is 49.6 Å². The van der Waals surface area contributed by atoms with Gasteiger partial charge in [-0.25, -0.2) is 13.1 Å². The number of halogens is 1. The van der Waals surface area contributed by atoms with Crippen LogP contribution in [-0.2, 0) is 16.6 Å². The number of amides is 1. The molecule has 1 aliphatic rings. The van der Waals surface area contributed by atoms with Crippen molar-refractivity contribution in [3.63, 3.8) is 0 Å². The monoisotopic (exact) mass is 438 g/mol. The summed E-state index contributed by atoms with van der Waals surface area (Å²) < 4.78 is 32.7. The third kappa shape index (κ3) is 4.63. The maximum atomic E-state index is 12.4. The summed E-state index contributed by atoms with van der Waals surface area (Å²) in [6.45, 7) is 0.291. The molecule has 0 unspecified atom stereocenters. The summed E-state index contributed by atoms with van der Waals surface area (Å²) in [7, 11) is -1.92. The van der Waals surface area contributed by atoms with Crippen LogP contribution in [0.1, 0.15) is 28.8 Å². The SMILES string of the molecule is COc1ccc(Br)c(C(=O)NCc2ccc(S(=O)(=O)NC3CC3)cc2)c1. The van der Waals surface area contributed by atoms with Crippen LogP contribution in [0.2, 0.25) is 0 Å². The number of sulfonamides is 1. The average molecular weight is 439 g/mol. The third-order valence-corrected chi connectivity index (χ3v) is 6.23. The molecule has 3 rings (SSSR count). The zero-order valence-electron chi connectivity index (χ0n) is 14.2. The number of methoxy groups -OCH3 is 1. The fourth-order valence-electron chi connectivity index (χ4n) is 2.36. The Kier molecular flexibility index (Phi) is 5.64. The van der Waals surface area contributed by atoms with Gasteiger partial charge >= 0.3 is 0 Å². The van der Waals surface area contributed by atoms with E-state index in [4.69, 9.17) is 4.74 Å². The Morgan fingerprint density at radius 2 is 1.88 bits per heavy atom. The number of ether oxygens (including phenoxy) is 1. The van der Waals surface area contributed by atoms with Crippen molar-refractivity contribution in [2.24, 2.45) is 0 Å². The molecule has 2 aromatic rings. The van der Waals surface area contributed by atoms with E-state index in [2.05, 4.69) is 26.0 Å². The average Bonchev–Trinajstić information content (AvgIpc) is 3.43. The van der Waals surface area contributed by atoms with Gasteiger partial charge in [-0.3, -0.25) is 4.79 Å². The van der Waals surface area contributed by atoms with E-state index in [1.165, 1.54) is 0 Å². The summed E-state index contributed by atoms with van der Waals surface area (Å²) in [6.07, 6.45) is 1.78. The molecule has 138 valence electrons. The number of hydrogen-bond donors (Lipinski definition) is 2. The van der Waals surface area contributed by atoms with Crippen molar-refractivity contribution in [2.75, 3.05) is 7.11 Å². The lowest BCUT2D eigenvalue weighted by atomic mass is 10.2. The first-order valence-corrected chi connectivity index (χ1v) is 10.4. The van der Waals surface area contributed by atoms with Crippen LogP contribution < -0.4 is 14.8 Å². The summed E-state index contributed by atoms with van der Waals surface area (Å²) in [5.41, 5.74) is 1.28. The van der Waals surface area contributed by atoms with Gasteiger partial charge in [0.2, 0.25) is 10.0 Å². The van der Waals surface area contributed by atoms with Gasteiger partial charge in [-0.2, -0.15) is 0 Å². The number of hydrogen-bond acceptors (Lipinski definition) is 4. The van der Waals surface area contributed by atoms with E-state index in [9.17, 15) is 13.2 Å². The van der Waals surface area contributed by atoms with Crippen LogP contribution >= 0.6 is 15.9 Å². The maximum Gasteiger partial charge on any atom is 0.252 e. The molecule has 0 bridgehead atoms. The van der Waals surface area contributed by atoms with E-state index >= 15 is 0 Å². The Balaban J connectivity index is 1.63. The van der Waals surface area contributed by atoms with Gasteiger partial charge in [0.15, 0.2) is 0 Å². The number of carbonyl (C=O) groups excluding carboxylic acids is 1. The fourth-order valence-corrected chi connectivity index (χ4v) is 4.09. The standard InChI is InChI=1S/C18H19BrN2O4S/c1-25-14-6-9-17(19)16(10-14)18(22)20-11-12-2-7-15(8-3-12)26(23,24)21-13-4-5-13/h2-3,6-10,13,21H,4-5,11H2,1H3,(H,20,22). The fraction of sp³-hybridized carbons (Fsp3) is 0.278. The maximum absolute atomic E-state index is 12.4. The summed E-state index contributed by atoms with van der Waals surface area (Å²) in [5, 5.41) is 2.82. The molecule has 0 aromatic heterocycles. The molecule has 6 nitrogen and oxygen atoms in total. The second-order valence-corrected chi connectivity index (χ2v) is 8.64. The van der Waals surface area contributed by atoms with Crippen LogP contribution in [0.4, 0.5) is 0 Å². The lowest BCUT2D eigenvalue weighted by Crippen LogP contribution is -2.26. The van der Waals surface area contributed by atoms with Crippen molar-refractivity contribution >= 4 is 31.9 Å². The van der Waals surface area contributed by atoms with Gasteiger partial charge in [0.05, 0.1) is 17.6 Å². The molecule has 0 radical (unpaired) electrons. The number of rotatable bonds is 7. The summed E-state index contributed by atoms with van der Waals surface area (Å²) in [6, 6.07) is 11.7. The first-order chi connectivity index (χ1) is 12.4. The predicted molar refractivity (Wildman–Crippen MR) is 102 cm³/mol. The molecule has 2 N–H and O–H groups in total. The zero-order chi connectivity index (χ0) is 18.7. The number of nitrogens with one attached hydrogen (secondary N) is 2. The number of carbonyl (C=O) groups is 1. The van der Waals surface area contributed by atoms with Crippen LogP contribution in [0.3, 0.4) is 0 Å². The molecular formula is C18H19BrN2O4S. The summed E-state index contributed by atoms with van der Waals surface area (Å²) in [5.74, 6) is 0.346. The minimum Gasteiger partial charge on any atom is -0.497 e. The predicted octanol–water partition coefficient (Wildman–Crippen LogP) is 2.83. The van der Waals surface area contributed by atoms with Gasteiger partial charge in [-0.05, 0) is 64.7 Å². The largest absolute Gasteiger partial charge is 0.497 e. The van der Waals surface area contributed by atoms with Crippen molar-refractivity contribution in [1.29, 1.82) is 0 Å². The molecule has 0 aliphatic heterocycles. The molecule has 8 heteroatoms. The van der Waals surface area contributed by atoms with Crippen molar-refractivity contribution in [1.82, 2.24) is 10.0 Å². The molecule has 1 saturated carbocycles. The van der Waals surface area contributed by atoms with Gasteiger partial charge in [-0.15, -0.1) is 0 Å². The minimum atomic E-state index is -3.46. The van der Waals surface area contributed by atoms with Crippen LogP contribution in [-0.4, -0.2) is 27.5 Å². The summed E-state index contributed by atoms with van der Waals surface area (Å²) in [4.78, 5) is 12.6. The highest BCUT2D eigenvalue weighted by Gasteiger charge is 2.27. The van der Waals surface area contributed by atoms with Crippen LogP contribution in [0.5, 0.6) is 5.75 Å². The lowest BCUT2D eigenvalue weighted by molar-refractivity contribution is 0.0949. The molecule has 1 fully saturated rings. The topological polar surface area (TPSA) is 84.5 Å². The second-order valence-electron chi connectivity index (χ2n) is 6.07. The van der Waals surface area contributed by atoms with Crippen molar-refractivity contribution < 1.29 is 17.9 Å². The molecule has 0 atom stereocenters. The highest BCUT2D eigenvalue weighted by Crippen LogP contribution is 2.23. The Labute approximate surface area is 161 Å². The van der Waals surface area contributed by atoms with Crippen LogP contribution in [0.15, 0.2) is 51.8 Å². The molecular weight excluding hydrogens is 420 g/mol. The second kappa shape index (κ2) is 7.77. The summed E-state index contributed by atoms with van der Waals surface area (Å²) >= 11 is 3.35. The normalized spacial score (nSPS) is 14.1. The molecule has 2 aromatic carbocycles. The van der Waals surface area contributed by atoms with Crippen molar-refractivity contribution in [3.05, 3.63) is 58.1 Å². The van der Waals surface area contributed by atoms with E-state index < -0.39 is 10.0 Å². The zero-order valence-corrected chi connectivity index (χ0v) is 16.6. The Morgan fingerprint density at radius 1 is 1.19 bits per heavy atom. The Bertz CT molecular complexity index is 909. The van der Waals surface area contributed by atoms with E-state index in [0.29, 0.717) is 22.3 Å². The lowest BCUT2D eigenvalue weighted by Gasteiger charge is -2.10. The third-order valence-electron chi connectivity index (χ3n) is 4.00. The highest BCUT2D eigenvalue weighted by molar-refractivity contribution is 9.10. The highest BCUT2D eigenvalue weighted by atomic mass is 79.9. The molecule has 26 heavy (non-hydrogen) atoms. The molecule has 1 amide bonds. The van der Waals surface area contributed by atoms with Gasteiger partial charge < -0.3 is 10.1 Å². The van der Waals surface area contributed by atoms with Crippen molar-refractivity contribution in [3.8, 4) is 5.75 Å². The number of benzene rings is 2. The Morgan fingerprint density at radius 3 is 2.50 bits per heavy atom. The smallest absolute Gasteiger partial charge is 0.252 e. The van der Waals surface area contributed by atoms with Crippen LogP contribution in [0, 0.1) is 0 Å².